The minimum absolute atomic E-state index is 0.252. The highest BCUT2D eigenvalue weighted by Gasteiger charge is 2.21. The zero-order chi connectivity index (χ0) is 12.4. The maximum Gasteiger partial charge on any atom is 0.166 e. The predicted molar refractivity (Wildman–Crippen MR) is 70.8 cm³/mol. The number of pyridine rings is 1. The molecular weight excluding hydrogens is 285 g/mol. The molecule has 1 saturated heterocycles. The normalized spacial score (nSPS) is 17.8. The highest BCUT2D eigenvalue weighted by molar-refractivity contribution is 9.10. The van der Waals surface area contributed by atoms with Crippen LogP contribution >= 0.6 is 15.9 Å². The van der Waals surface area contributed by atoms with Gasteiger partial charge in [0.1, 0.15) is 0 Å². The van der Waals surface area contributed by atoms with E-state index in [0.717, 1.165) is 26.2 Å². The summed E-state index contributed by atoms with van der Waals surface area (Å²) in [5.41, 5.74) is 0. The zero-order valence-electron chi connectivity index (χ0n) is 10.2. The Morgan fingerprint density at radius 2 is 1.94 bits per heavy atom. The highest BCUT2D eigenvalue weighted by atomic mass is 79.9. The van der Waals surface area contributed by atoms with E-state index in [9.17, 15) is 4.39 Å². The van der Waals surface area contributed by atoms with Crippen LogP contribution in [0, 0.1) is 5.82 Å². The van der Waals surface area contributed by atoms with Crippen LogP contribution in [0.4, 0.5) is 10.2 Å². The maximum atomic E-state index is 13.7. The van der Waals surface area contributed by atoms with Gasteiger partial charge in [-0.05, 0) is 35.8 Å². The molecule has 3 nitrogen and oxygen atoms in total. The Bertz CT molecular complexity index is 389. The Hall–Kier alpha value is -0.680. The van der Waals surface area contributed by atoms with Crippen molar-refractivity contribution in [2.45, 2.75) is 19.9 Å². The number of piperazine rings is 1. The van der Waals surface area contributed by atoms with Crippen molar-refractivity contribution < 1.29 is 4.39 Å². The topological polar surface area (TPSA) is 19.4 Å². The molecule has 0 aromatic carbocycles. The molecule has 2 heterocycles. The molecule has 2 rings (SSSR count). The SMILES string of the molecule is CC(C)N1CCN(c2ncc(Br)cc2F)CC1. The smallest absolute Gasteiger partial charge is 0.166 e. The second-order valence-corrected chi connectivity index (χ2v) is 5.49. The maximum absolute atomic E-state index is 13.7. The molecule has 1 aromatic rings. The molecule has 0 unspecified atom stereocenters. The van der Waals surface area contributed by atoms with Crippen LogP contribution in [0.2, 0.25) is 0 Å². The number of nitrogens with zero attached hydrogens (tertiary/aromatic N) is 3. The number of aromatic nitrogens is 1. The lowest BCUT2D eigenvalue weighted by Crippen LogP contribution is -2.49. The lowest BCUT2D eigenvalue weighted by molar-refractivity contribution is 0.208. The lowest BCUT2D eigenvalue weighted by atomic mass is 10.2. The van der Waals surface area contributed by atoms with Crippen LogP contribution in [0.1, 0.15) is 13.8 Å². The van der Waals surface area contributed by atoms with Crippen LogP contribution in [-0.4, -0.2) is 42.1 Å². The molecule has 17 heavy (non-hydrogen) atoms. The Balaban J connectivity index is 2.05. The molecule has 0 saturated carbocycles. The predicted octanol–water partition coefficient (Wildman–Crippen LogP) is 2.51. The number of rotatable bonds is 2. The Kier molecular flexibility index (Phi) is 3.99. The summed E-state index contributed by atoms with van der Waals surface area (Å²) in [6.45, 7) is 7.99. The van der Waals surface area contributed by atoms with Crippen molar-refractivity contribution in [2.24, 2.45) is 0 Å². The molecule has 1 aromatic heterocycles. The van der Waals surface area contributed by atoms with Crippen LogP contribution in [0.5, 0.6) is 0 Å². The van der Waals surface area contributed by atoms with E-state index < -0.39 is 0 Å². The fraction of sp³-hybridized carbons (Fsp3) is 0.583. The summed E-state index contributed by atoms with van der Waals surface area (Å²) < 4.78 is 14.4. The van der Waals surface area contributed by atoms with E-state index in [2.05, 4.69) is 39.7 Å². The average molecular weight is 302 g/mol. The summed E-state index contributed by atoms with van der Waals surface area (Å²) in [4.78, 5) is 8.57. The van der Waals surface area contributed by atoms with Gasteiger partial charge in [0.05, 0.1) is 0 Å². The number of hydrogen-bond donors (Lipinski definition) is 0. The van der Waals surface area contributed by atoms with Gasteiger partial charge in [0.15, 0.2) is 11.6 Å². The van der Waals surface area contributed by atoms with E-state index in [1.165, 1.54) is 6.07 Å². The van der Waals surface area contributed by atoms with Gasteiger partial charge in [-0.1, -0.05) is 0 Å². The summed E-state index contributed by atoms with van der Waals surface area (Å²) >= 11 is 3.22. The minimum atomic E-state index is -0.252. The first-order valence-corrected chi connectivity index (χ1v) is 6.67. The van der Waals surface area contributed by atoms with Gasteiger partial charge >= 0.3 is 0 Å². The first-order chi connectivity index (χ1) is 8.08. The van der Waals surface area contributed by atoms with Crippen molar-refractivity contribution in [2.75, 3.05) is 31.1 Å². The van der Waals surface area contributed by atoms with Crippen molar-refractivity contribution in [3.05, 3.63) is 22.6 Å². The first-order valence-electron chi connectivity index (χ1n) is 5.88. The molecular formula is C12H17BrFN3. The van der Waals surface area contributed by atoms with E-state index in [-0.39, 0.29) is 5.82 Å². The molecule has 0 amide bonds. The van der Waals surface area contributed by atoms with E-state index in [1.807, 2.05) is 4.90 Å². The quantitative estimate of drug-likeness (QED) is 0.837. The van der Waals surface area contributed by atoms with Crippen LogP contribution in [-0.2, 0) is 0 Å². The van der Waals surface area contributed by atoms with Crippen LogP contribution in [0.15, 0.2) is 16.7 Å². The van der Waals surface area contributed by atoms with Crippen LogP contribution in [0.3, 0.4) is 0 Å². The molecule has 0 spiro atoms. The fourth-order valence-electron chi connectivity index (χ4n) is 2.09. The van der Waals surface area contributed by atoms with Crippen molar-refractivity contribution in [3.63, 3.8) is 0 Å². The second-order valence-electron chi connectivity index (χ2n) is 4.58. The van der Waals surface area contributed by atoms with Crippen LogP contribution < -0.4 is 4.90 Å². The van der Waals surface area contributed by atoms with E-state index in [1.54, 1.807) is 6.20 Å². The number of anilines is 1. The van der Waals surface area contributed by atoms with Gasteiger partial charge in [0.25, 0.3) is 0 Å². The monoisotopic (exact) mass is 301 g/mol. The van der Waals surface area contributed by atoms with E-state index in [0.29, 0.717) is 16.3 Å². The molecule has 1 aliphatic rings. The number of hydrogen-bond acceptors (Lipinski definition) is 3. The van der Waals surface area contributed by atoms with E-state index >= 15 is 0 Å². The Morgan fingerprint density at radius 1 is 1.29 bits per heavy atom. The molecule has 5 heteroatoms. The summed E-state index contributed by atoms with van der Waals surface area (Å²) in [6, 6.07) is 2.02. The van der Waals surface area contributed by atoms with Gasteiger partial charge in [-0.25, -0.2) is 9.37 Å². The minimum Gasteiger partial charge on any atom is -0.352 e. The van der Waals surface area contributed by atoms with Crippen molar-refractivity contribution >= 4 is 21.7 Å². The molecule has 0 aliphatic carbocycles. The van der Waals surface area contributed by atoms with Gasteiger partial charge in [-0.15, -0.1) is 0 Å². The third-order valence-corrected chi connectivity index (χ3v) is 3.57. The van der Waals surface area contributed by atoms with Gasteiger partial charge < -0.3 is 4.90 Å². The molecule has 0 N–H and O–H groups in total. The van der Waals surface area contributed by atoms with Crippen molar-refractivity contribution in [1.29, 1.82) is 0 Å². The third-order valence-electron chi connectivity index (χ3n) is 3.13. The second kappa shape index (κ2) is 5.31. The van der Waals surface area contributed by atoms with Gasteiger partial charge in [-0.3, -0.25) is 4.90 Å². The molecule has 94 valence electrons. The molecule has 0 radical (unpaired) electrons. The standard InChI is InChI=1S/C12H17BrFN3/c1-9(2)16-3-5-17(6-4-16)12-11(14)7-10(13)8-15-12/h7-9H,3-6H2,1-2H3. The molecule has 0 bridgehead atoms. The lowest BCUT2D eigenvalue weighted by Gasteiger charge is -2.37. The third kappa shape index (κ3) is 2.96. The van der Waals surface area contributed by atoms with Crippen molar-refractivity contribution in [3.8, 4) is 0 Å². The summed E-state index contributed by atoms with van der Waals surface area (Å²) in [5.74, 6) is 0.217. The largest absolute Gasteiger partial charge is 0.352 e. The molecule has 1 fully saturated rings. The Labute approximate surface area is 110 Å². The van der Waals surface area contributed by atoms with E-state index in [4.69, 9.17) is 0 Å². The zero-order valence-corrected chi connectivity index (χ0v) is 11.7. The highest BCUT2D eigenvalue weighted by Crippen LogP contribution is 2.21. The summed E-state index contributed by atoms with van der Waals surface area (Å²) in [7, 11) is 0. The van der Waals surface area contributed by atoms with Gasteiger partial charge in [-0.2, -0.15) is 0 Å². The fourth-order valence-corrected chi connectivity index (χ4v) is 2.39. The molecule has 1 aliphatic heterocycles. The van der Waals surface area contributed by atoms with Gasteiger partial charge in [0.2, 0.25) is 0 Å². The van der Waals surface area contributed by atoms with Crippen molar-refractivity contribution in [1.82, 2.24) is 9.88 Å². The van der Waals surface area contributed by atoms with Gasteiger partial charge in [0, 0.05) is 42.9 Å². The van der Waals surface area contributed by atoms with Crippen LogP contribution in [0.25, 0.3) is 0 Å². The average Bonchev–Trinajstić information content (AvgIpc) is 2.29. The number of halogens is 2. The summed E-state index contributed by atoms with van der Waals surface area (Å²) in [5, 5.41) is 0. The summed E-state index contributed by atoms with van der Waals surface area (Å²) in [6.07, 6.45) is 1.65. The first kappa shape index (κ1) is 12.8. The Morgan fingerprint density at radius 3 is 2.47 bits per heavy atom. The molecule has 0 atom stereocenters.